The average Bonchev–Trinajstić information content (AvgIpc) is 3.27. The van der Waals surface area contributed by atoms with Crippen LogP contribution in [0.1, 0.15) is 59.1 Å². The molecule has 1 rings (SSSR count). The zero-order chi connectivity index (χ0) is 27.4. The lowest BCUT2D eigenvalue weighted by Crippen LogP contribution is -2.57. The van der Waals surface area contributed by atoms with Crippen LogP contribution in [0.25, 0.3) is 0 Å². The number of hydrogen-bond acceptors (Lipinski definition) is 7. The van der Waals surface area contributed by atoms with E-state index < -0.39 is 53.8 Å². The number of nitrogens with one attached hydrogen (secondary N) is 4. The monoisotopic (exact) mass is 509 g/mol. The van der Waals surface area contributed by atoms with Crippen molar-refractivity contribution in [3.8, 4) is 0 Å². The maximum Gasteiger partial charge on any atom is 0.326 e. The second-order valence-electron chi connectivity index (χ2n) is 9.67. The van der Waals surface area contributed by atoms with Gasteiger partial charge in [-0.25, -0.2) is 9.78 Å². The molecular formula is C23H39N7O6. The first kappa shape index (κ1) is 30.6. The van der Waals surface area contributed by atoms with Crippen molar-refractivity contribution in [2.24, 2.45) is 23.3 Å². The van der Waals surface area contributed by atoms with Crippen LogP contribution in [0.4, 0.5) is 0 Å². The molecule has 0 radical (unpaired) electrons. The third-order valence-electron chi connectivity index (χ3n) is 5.31. The number of primary amides is 1. The number of nitrogens with two attached hydrogens (primary N) is 2. The number of carbonyl (C=O) groups is 5. The van der Waals surface area contributed by atoms with Gasteiger partial charge in [-0.2, -0.15) is 0 Å². The van der Waals surface area contributed by atoms with Gasteiger partial charge in [-0.3, -0.25) is 19.2 Å². The van der Waals surface area contributed by atoms with Gasteiger partial charge < -0.3 is 37.5 Å². The quantitative estimate of drug-likeness (QED) is 0.149. The Morgan fingerprint density at radius 2 is 1.42 bits per heavy atom. The summed E-state index contributed by atoms with van der Waals surface area (Å²) in [5.41, 5.74) is 11.7. The molecule has 0 saturated heterocycles. The molecular weight excluding hydrogens is 470 g/mol. The van der Waals surface area contributed by atoms with Crippen LogP contribution in [-0.2, 0) is 30.4 Å². The van der Waals surface area contributed by atoms with Crippen LogP contribution in [0, 0.1) is 11.8 Å². The number of aliphatic carboxylic acids is 1. The minimum atomic E-state index is -1.34. The Balaban J connectivity index is 2.94. The number of hydrogen-bond donors (Lipinski definition) is 7. The predicted molar refractivity (Wildman–Crippen MR) is 131 cm³/mol. The summed E-state index contributed by atoms with van der Waals surface area (Å²) < 4.78 is 0. The van der Waals surface area contributed by atoms with Crippen LogP contribution in [0.3, 0.4) is 0 Å². The molecule has 13 heteroatoms. The van der Waals surface area contributed by atoms with Crippen LogP contribution in [0.15, 0.2) is 12.5 Å². The van der Waals surface area contributed by atoms with Gasteiger partial charge in [0.05, 0.1) is 12.4 Å². The molecule has 4 unspecified atom stereocenters. The summed E-state index contributed by atoms with van der Waals surface area (Å²) in [7, 11) is 0. The molecule has 9 N–H and O–H groups in total. The van der Waals surface area contributed by atoms with Crippen LogP contribution in [0.2, 0.25) is 0 Å². The molecule has 1 aromatic heterocycles. The highest BCUT2D eigenvalue weighted by atomic mass is 16.4. The number of carboxylic acid groups (broad SMARTS) is 1. The van der Waals surface area contributed by atoms with Crippen LogP contribution < -0.4 is 27.4 Å². The van der Waals surface area contributed by atoms with Crippen molar-refractivity contribution in [2.75, 3.05) is 0 Å². The van der Waals surface area contributed by atoms with E-state index in [-0.39, 0.29) is 37.5 Å². The van der Waals surface area contributed by atoms with E-state index in [1.807, 2.05) is 27.7 Å². The van der Waals surface area contributed by atoms with Crippen molar-refractivity contribution in [3.05, 3.63) is 18.2 Å². The van der Waals surface area contributed by atoms with Gasteiger partial charge in [0.1, 0.15) is 18.1 Å². The SMILES string of the molecule is CC(C)CC(NC(=O)C(N)Cc1cnc[nH]1)C(=O)NC(CC(C)C)C(=O)NC(CCC(N)=O)C(=O)O. The van der Waals surface area contributed by atoms with Crippen LogP contribution in [-0.4, -0.2) is 68.8 Å². The predicted octanol–water partition coefficient (Wildman–Crippen LogP) is -0.824. The molecule has 0 aliphatic rings. The summed E-state index contributed by atoms with van der Waals surface area (Å²) in [6.45, 7) is 7.45. The maximum absolute atomic E-state index is 13.1. The second kappa shape index (κ2) is 14.8. The number of nitrogens with zero attached hydrogens (tertiary/aromatic N) is 1. The molecule has 0 aliphatic heterocycles. The van der Waals surface area contributed by atoms with Gasteiger partial charge in [0.15, 0.2) is 0 Å². The largest absolute Gasteiger partial charge is 0.480 e. The lowest BCUT2D eigenvalue weighted by atomic mass is 9.99. The second-order valence-corrected chi connectivity index (χ2v) is 9.67. The van der Waals surface area contributed by atoms with Crippen molar-refractivity contribution >= 4 is 29.6 Å². The van der Waals surface area contributed by atoms with E-state index in [9.17, 15) is 29.1 Å². The number of rotatable bonds is 16. The molecule has 202 valence electrons. The molecule has 0 spiro atoms. The third kappa shape index (κ3) is 11.3. The minimum Gasteiger partial charge on any atom is -0.480 e. The molecule has 4 atom stereocenters. The summed E-state index contributed by atoms with van der Waals surface area (Å²) in [5, 5.41) is 17.1. The molecule has 0 bridgehead atoms. The third-order valence-corrected chi connectivity index (χ3v) is 5.31. The summed E-state index contributed by atoms with van der Waals surface area (Å²) in [5.74, 6) is -3.83. The van der Waals surface area contributed by atoms with E-state index in [0.29, 0.717) is 12.1 Å². The Morgan fingerprint density at radius 1 is 0.917 bits per heavy atom. The summed E-state index contributed by atoms with van der Waals surface area (Å²) >= 11 is 0. The summed E-state index contributed by atoms with van der Waals surface area (Å²) in [6.07, 6.45) is 3.33. The van der Waals surface area contributed by atoms with Gasteiger partial charge in [-0.05, 0) is 31.1 Å². The van der Waals surface area contributed by atoms with Gasteiger partial charge in [0.25, 0.3) is 0 Å². The normalized spacial score (nSPS) is 14.5. The maximum atomic E-state index is 13.1. The van der Waals surface area contributed by atoms with Gasteiger partial charge in [-0.15, -0.1) is 0 Å². The fourth-order valence-corrected chi connectivity index (χ4v) is 3.50. The number of imidazole rings is 1. The Hall–Kier alpha value is -3.48. The first-order chi connectivity index (χ1) is 16.8. The van der Waals surface area contributed by atoms with Crippen molar-refractivity contribution in [2.45, 2.75) is 84.0 Å². The van der Waals surface area contributed by atoms with E-state index in [2.05, 4.69) is 25.9 Å². The topological polar surface area (TPSA) is 222 Å². The van der Waals surface area contributed by atoms with Gasteiger partial charge >= 0.3 is 5.97 Å². The van der Waals surface area contributed by atoms with Gasteiger partial charge in [-0.1, -0.05) is 27.7 Å². The molecule has 13 nitrogen and oxygen atoms in total. The van der Waals surface area contributed by atoms with E-state index in [1.54, 1.807) is 6.20 Å². The van der Waals surface area contributed by atoms with Gasteiger partial charge in [0.2, 0.25) is 23.6 Å². The first-order valence-electron chi connectivity index (χ1n) is 11.9. The molecule has 36 heavy (non-hydrogen) atoms. The van der Waals surface area contributed by atoms with E-state index in [0.717, 1.165) is 0 Å². The number of H-pyrrole nitrogens is 1. The van der Waals surface area contributed by atoms with Crippen molar-refractivity contribution in [1.82, 2.24) is 25.9 Å². The smallest absolute Gasteiger partial charge is 0.326 e. The summed E-state index contributed by atoms with van der Waals surface area (Å²) in [4.78, 5) is 68.0. The molecule has 0 aromatic carbocycles. The minimum absolute atomic E-state index is 0.0177. The summed E-state index contributed by atoms with van der Waals surface area (Å²) in [6, 6.07) is -4.29. The Morgan fingerprint density at radius 3 is 1.83 bits per heavy atom. The molecule has 0 fully saturated rings. The van der Waals surface area contributed by atoms with Crippen LogP contribution in [0.5, 0.6) is 0 Å². The fourth-order valence-electron chi connectivity index (χ4n) is 3.50. The molecule has 4 amide bonds. The zero-order valence-electron chi connectivity index (χ0n) is 21.2. The fraction of sp³-hybridized carbons (Fsp3) is 0.652. The number of amides is 4. The molecule has 0 saturated carbocycles. The Bertz CT molecular complexity index is 888. The number of carboxylic acids is 1. The average molecular weight is 510 g/mol. The molecule has 1 heterocycles. The molecule has 1 aromatic rings. The number of aromatic nitrogens is 2. The Kier molecular flexibility index (Phi) is 12.6. The van der Waals surface area contributed by atoms with Crippen molar-refractivity contribution < 1.29 is 29.1 Å². The standard InChI is InChI=1S/C23H39N7O6/c1-12(2)7-17(29-20(32)15(24)9-14-10-26-11-27-14)22(34)30-18(8-13(3)4)21(33)28-16(23(35)36)5-6-19(25)31/h10-13,15-18H,5-9,24H2,1-4H3,(H2,25,31)(H,26,27)(H,28,33)(H,29,32)(H,30,34)(H,35,36). The molecule has 0 aliphatic carbocycles. The van der Waals surface area contributed by atoms with E-state index >= 15 is 0 Å². The highest BCUT2D eigenvalue weighted by Crippen LogP contribution is 2.10. The zero-order valence-corrected chi connectivity index (χ0v) is 21.2. The first-order valence-corrected chi connectivity index (χ1v) is 11.9. The van der Waals surface area contributed by atoms with E-state index in [4.69, 9.17) is 11.5 Å². The van der Waals surface area contributed by atoms with Crippen molar-refractivity contribution in [1.29, 1.82) is 0 Å². The van der Waals surface area contributed by atoms with E-state index in [1.165, 1.54) is 6.33 Å². The number of carbonyl (C=O) groups excluding carboxylic acids is 4. The highest BCUT2D eigenvalue weighted by molar-refractivity contribution is 5.94. The highest BCUT2D eigenvalue weighted by Gasteiger charge is 2.31. The van der Waals surface area contributed by atoms with Gasteiger partial charge in [0, 0.05) is 24.7 Å². The number of aromatic amines is 1. The van der Waals surface area contributed by atoms with Crippen molar-refractivity contribution in [3.63, 3.8) is 0 Å². The lowest BCUT2D eigenvalue weighted by molar-refractivity contribution is -0.142. The van der Waals surface area contributed by atoms with Crippen LogP contribution >= 0.6 is 0 Å². The lowest BCUT2D eigenvalue weighted by Gasteiger charge is -2.26. The Labute approximate surface area is 210 Å².